The lowest BCUT2D eigenvalue weighted by molar-refractivity contribution is -0.136. The van der Waals surface area contributed by atoms with Gasteiger partial charge in [0.25, 0.3) is 0 Å². The topological polar surface area (TPSA) is 42.4 Å². The van der Waals surface area contributed by atoms with Crippen LogP contribution in [0.25, 0.3) is 0 Å². The van der Waals surface area contributed by atoms with Gasteiger partial charge in [0, 0.05) is 31.9 Å². The molecule has 3 rings (SSSR count). The number of aromatic nitrogens is 1. The molecule has 1 heterocycles. The number of nitrogens with zero attached hydrogens (tertiary/aromatic N) is 2. The maximum atomic E-state index is 13.4. The molecule has 0 aliphatic heterocycles. The number of amides is 1. The molecular weight excluding hydrogens is 312 g/mol. The Morgan fingerprint density at radius 3 is 2.68 bits per heavy atom. The van der Waals surface area contributed by atoms with Crippen LogP contribution in [0.5, 0.6) is 5.75 Å². The Hall–Kier alpha value is -2.36. The van der Waals surface area contributed by atoms with E-state index in [0.29, 0.717) is 6.54 Å². The maximum Gasteiger partial charge on any atom is 0.232 e. The number of ether oxygens (including phenoxy) is 1. The van der Waals surface area contributed by atoms with Crippen molar-refractivity contribution in [1.82, 2.24) is 9.88 Å². The van der Waals surface area contributed by atoms with Gasteiger partial charge >= 0.3 is 0 Å². The Bertz CT molecular complexity index is 709. The van der Waals surface area contributed by atoms with E-state index in [0.717, 1.165) is 49.1 Å². The van der Waals surface area contributed by atoms with E-state index < -0.39 is 5.41 Å². The summed E-state index contributed by atoms with van der Waals surface area (Å²) >= 11 is 0. The molecule has 1 fully saturated rings. The molecule has 1 aromatic carbocycles. The molecule has 4 nitrogen and oxygen atoms in total. The Balaban J connectivity index is 1.78. The zero-order valence-electron chi connectivity index (χ0n) is 15.1. The summed E-state index contributed by atoms with van der Waals surface area (Å²) in [5, 5.41) is 0. The molecule has 25 heavy (non-hydrogen) atoms. The number of carbonyl (C=O) groups is 1. The summed E-state index contributed by atoms with van der Waals surface area (Å²) in [5.41, 5.74) is 1.69. The number of methoxy groups -OCH3 is 1. The lowest BCUT2D eigenvalue weighted by atomic mass is 9.77. The highest BCUT2D eigenvalue weighted by molar-refractivity contribution is 5.88. The summed E-state index contributed by atoms with van der Waals surface area (Å²) in [6, 6.07) is 13.9. The van der Waals surface area contributed by atoms with E-state index in [1.54, 1.807) is 13.3 Å². The molecule has 2 aromatic rings. The third kappa shape index (κ3) is 3.68. The van der Waals surface area contributed by atoms with E-state index in [2.05, 4.69) is 11.1 Å². The van der Waals surface area contributed by atoms with Crippen LogP contribution in [0.4, 0.5) is 0 Å². The van der Waals surface area contributed by atoms with E-state index >= 15 is 0 Å². The number of benzene rings is 1. The second kappa shape index (κ2) is 7.68. The van der Waals surface area contributed by atoms with Gasteiger partial charge in [0.1, 0.15) is 5.75 Å². The molecule has 0 bridgehead atoms. The molecule has 1 saturated carbocycles. The highest BCUT2D eigenvalue weighted by Crippen LogP contribution is 2.43. The molecule has 1 aliphatic carbocycles. The van der Waals surface area contributed by atoms with E-state index in [1.807, 2.05) is 48.3 Å². The van der Waals surface area contributed by atoms with Gasteiger partial charge in [-0.25, -0.2) is 0 Å². The fourth-order valence-electron chi connectivity index (χ4n) is 3.82. The summed E-state index contributed by atoms with van der Waals surface area (Å²) in [7, 11) is 3.58. The van der Waals surface area contributed by atoms with Crippen molar-refractivity contribution in [3.8, 4) is 5.75 Å². The van der Waals surface area contributed by atoms with Crippen LogP contribution in [0.2, 0.25) is 0 Å². The van der Waals surface area contributed by atoms with Gasteiger partial charge < -0.3 is 9.64 Å². The Morgan fingerprint density at radius 1 is 1.20 bits per heavy atom. The van der Waals surface area contributed by atoms with Gasteiger partial charge in [0.05, 0.1) is 12.5 Å². The standard InChI is InChI=1S/C21H26N2O2/c1-23(15-11-18-9-3-6-14-22-18)20(24)21(12-4-5-13-21)17-8-7-10-19(16-17)25-2/h3,6-10,14,16H,4-5,11-13,15H2,1-2H3. The van der Waals surface area contributed by atoms with Crippen molar-refractivity contribution in [2.24, 2.45) is 0 Å². The van der Waals surface area contributed by atoms with Gasteiger partial charge in [0.2, 0.25) is 5.91 Å². The molecule has 132 valence electrons. The molecule has 4 heteroatoms. The minimum Gasteiger partial charge on any atom is -0.497 e. The van der Waals surface area contributed by atoms with Crippen LogP contribution in [0.3, 0.4) is 0 Å². The third-order valence-electron chi connectivity index (χ3n) is 5.27. The normalized spacial score (nSPS) is 15.8. The van der Waals surface area contributed by atoms with Gasteiger partial charge in [-0.15, -0.1) is 0 Å². The first kappa shape index (κ1) is 17.5. The van der Waals surface area contributed by atoms with Crippen LogP contribution in [0, 0.1) is 0 Å². The SMILES string of the molecule is COc1cccc(C2(C(=O)N(C)CCc3ccccn3)CCCC2)c1. The van der Waals surface area contributed by atoms with Crippen LogP contribution in [-0.2, 0) is 16.6 Å². The van der Waals surface area contributed by atoms with Crippen molar-refractivity contribution >= 4 is 5.91 Å². The van der Waals surface area contributed by atoms with Crippen molar-refractivity contribution in [3.63, 3.8) is 0 Å². The van der Waals surface area contributed by atoms with E-state index in [1.165, 1.54) is 0 Å². The van der Waals surface area contributed by atoms with Crippen molar-refractivity contribution in [2.45, 2.75) is 37.5 Å². The largest absolute Gasteiger partial charge is 0.497 e. The lowest BCUT2D eigenvalue weighted by Crippen LogP contribution is -2.44. The Labute approximate surface area is 149 Å². The minimum absolute atomic E-state index is 0.217. The fourth-order valence-corrected chi connectivity index (χ4v) is 3.82. The zero-order valence-corrected chi connectivity index (χ0v) is 15.1. The number of rotatable bonds is 6. The number of hydrogen-bond acceptors (Lipinski definition) is 3. The van der Waals surface area contributed by atoms with Crippen LogP contribution in [0.15, 0.2) is 48.7 Å². The first-order valence-electron chi connectivity index (χ1n) is 8.96. The number of pyridine rings is 1. The molecule has 0 saturated heterocycles. The molecule has 1 amide bonds. The van der Waals surface area contributed by atoms with Gasteiger partial charge in [-0.2, -0.15) is 0 Å². The molecule has 0 unspecified atom stereocenters. The molecule has 1 aliphatic rings. The van der Waals surface area contributed by atoms with Crippen LogP contribution in [-0.4, -0.2) is 36.5 Å². The average Bonchev–Trinajstić information content (AvgIpc) is 3.17. The second-order valence-electron chi connectivity index (χ2n) is 6.82. The van der Waals surface area contributed by atoms with Crippen LogP contribution < -0.4 is 4.74 Å². The quantitative estimate of drug-likeness (QED) is 0.808. The second-order valence-corrected chi connectivity index (χ2v) is 6.82. The van der Waals surface area contributed by atoms with Gasteiger partial charge in [-0.3, -0.25) is 9.78 Å². The van der Waals surface area contributed by atoms with Gasteiger partial charge in [0.15, 0.2) is 0 Å². The fraction of sp³-hybridized carbons (Fsp3) is 0.429. The van der Waals surface area contributed by atoms with Crippen molar-refractivity contribution < 1.29 is 9.53 Å². The number of hydrogen-bond donors (Lipinski definition) is 0. The average molecular weight is 338 g/mol. The molecule has 0 N–H and O–H groups in total. The molecule has 0 spiro atoms. The number of carbonyl (C=O) groups excluding carboxylic acids is 1. The Kier molecular flexibility index (Phi) is 5.37. The predicted octanol–water partition coefficient (Wildman–Crippen LogP) is 3.60. The summed E-state index contributed by atoms with van der Waals surface area (Å²) in [4.78, 5) is 19.6. The monoisotopic (exact) mass is 338 g/mol. The first-order chi connectivity index (χ1) is 12.2. The first-order valence-corrected chi connectivity index (χ1v) is 8.96. The molecule has 1 aromatic heterocycles. The Morgan fingerprint density at radius 2 is 2.00 bits per heavy atom. The summed E-state index contributed by atoms with van der Waals surface area (Å²) in [6.07, 6.45) is 6.58. The van der Waals surface area contributed by atoms with Crippen molar-refractivity contribution in [2.75, 3.05) is 20.7 Å². The van der Waals surface area contributed by atoms with Gasteiger partial charge in [-0.1, -0.05) is 31.0 Å². The van der Waals surface area contributed by atoms with Crippen LogP contribution >= 0.6 is 0 Å². The highest BCUT2D eigenvalue weighted by Gasteiger charge is 2.44. The summed E-state index contributed by atoms with van der Waals surface area (Å²) in [5.74, 6) is 1.03. The van der Waals surface area contributed by atoms with Gasteiger partial charge in [-0.05, 0) is 42.7 Å². The summed E-state index contributed by atoms with van der Waals surface area (Å²) < 4.78 is 5.37. The summed E-state index contributed by atoms with van der Waals surface area (Å²) in [6.45, 7) is 0.682. The van der Waals surface area contributed by atoms with E-state index in [4.69, 9.17) is 4.74 Å². The molecular formula is C21H26N2O2. The number of likely N-dealkylation sites (N-methyl/N-ethyl adjacent to an activating group) is 1. The lowest BCUT2D eigenvalue weighted by Gasteiger charge is -2.33. The van der Waals surface area contributed by atoms with Crippen molar-refractivity contribution in [1.29, 1.82) is 0 Å². The minimum atomic E-state index is -0.409. The molecule has 0 radical (unpaired) electrons. The smallest absolute Gasteiger partial charge is 0.232 e. The van der Waals surface area contributed by atoms with Crippen LogP contribution in [0.1, 0.15) is 36.9 Å². The zero-order chi connectivity index (χ0) is 17.7. The van der Waals surface area contributed by atoms with E-state index in [9.17, 15) is 4.79 Å². The highest BCUT2D eigenvalue weighted by atomic mass is 16.5. The van der Waals surface area contributed by atoms with E-state index in [-0.39, 0.29) is 5.91 Å². The maximum absolute atomic E-state index is 13.4. The van der Waals surface area contributed by atoms with Crippen molar-refractivity contribution in [3.05, 3.63) is 59.9 Å². The predicted molar refractivity (Wildman–Crippen MR) is 98.7 cm³/mol. The third-order valence-corrected chi connectivity index (χ3v) is 5.27. The molecule has 0 atom stereocenters.